The third-order valence-electron chi connectivity index (χ3n) is 3.55. The van der Waals surface area contributed by atoms with Crippen molar-refractivity contribution in [2.45, 2.75) is 20.8 Å². The number of hydrogen-bond acceptors (Lipinski definition) is 7. The number of thiazole rings is 1. The molecule has 0 spiro atoms. The Balaban J connectivity index is 1.55. The van der Waals surface area contributed by atoms with E-state index in [1.54, 1.807) is 10.2 Å². The van der Waals surface area contributed by atoms with Crippen LogP contribution in [0.1, 0.15) is 26.8 Å². The van der Waals surface area contributed by atoms with Crippen LogP contribution in [-0.4, -0.2) is 43.7 Å². The van der Waals surface area contributed by atoms with Gasteiger partial charge < -0.3 is 10.6 Å². The Morgan fingerprint density at radius 2 is 2.00 bits per heavy atom. The van der Waals surface area contributed by atoms with Crippen molar-refractivity contribution >= 4 is 23.1 Å². The van der Waals surface area contributed by atoms with Gasteiger partial charge in [0.15, 0.2) is 5.82 Å². The van der Waals surface area contributed by atoms with Crippen molar-refractivity contribution in [1.29, 1.82) is 0 Å². The number of anilines is 1. The molecule has 3 rings (SSSR count). The van der Waals surface area contributed by atoms with Gasteiger partial charge in [0.25, 0.3) is 5.91 Å². The van der Waals surface area contributed by atoms with Crippen molar-refractivity contribution in [3.8, 4) is 5.82 Å². The van der Waals surface area contributed by atoms with Gasteiger partial charge in [-0.25, -0.2) is 19.6 Å². The molecular formula is C16H19N7OS. The number of nitrogens with one attached hydrogen (secondary N) is 2. The summed E-state index contributed by atoms with van der Waals surface area (Å²) in [5.74, 6) is 1.28. The minimum atomic E-state index is -0.104. The lowest BCUT2D eigenvalue weighted by molar-refractivity contribution is 0.0958. The van der Waals surface area contributed by atoms with Crippen LogP contribution in [0.4, 0.5) is 5.82 Å². The fourth-order valence-electron chi connectivity index (χ4n) is 2.39. The van der Waals surface area contributed by atoms with Crippen LogP contribution in [0.15, 0.2) is 24.0 Å². The van der Waals surface area contributed by atoms with Crippen molar-refractivity contribution in [2.75, 3.05) is 18.4 Å². The largest absolute Gasteiger partial charge is 0.368 e. The van der Waals surface area contributed by atoms with Gasteiger partial charge in [0.1, 0.15) is 17.0 Å². The molecule has 3 heterocycles. The van der Waals surface area contributed by atoms with Crippen LogP contribution in [0, 0.1) is 20.8 Å². The Kier molecular flexibility index (Phi) is 5.03. The predicted molar refractivity (Wildman–Crippen MR) is 96.3 cm³/mol. The molecule has 130 valence electrons. The molecule has 0 radical (unpaired) electrons. The van der Waals surface area contributed by atoms with Crippen molar-refractivity contribution in [3.63, 3.8) is 0 Å². The topological polar surface area (TPSA) is 97.6 Å². The number of carbonyl (C=O) groups excluding carboxylic acids is 1. The second kappa shape index (κ2) is 7.39. The van der Waals surface area contributed by atoms with Crippen LogP contribution >= 0.6 is 11.3 Å². The summed E-state index contributed by atoms with van der Waals surface area (Å²) in [6.07, 6.45) is 1.49. The summed E-state index contributed by atoms with van der Waals surface area (Å²) >= 11 is 1.34. The first-order valence-electron chi connectivity index (χ1n) is 7.82. The molecule has 0 bridgehead atoms. The summed E-state index contributed by atoms with van der Waals surface area (Å²) in [5.41, 5.74) is 4.37. The van der Waals surface area contributed by atoms with E-state index < -0.39 is 0 Å². The SMILES string of the molecule is Cc1cc(C)n(-c2cc(NCCNC(=O)c3scnc3C)ncn2)n1. The van der Waals surface area contributed by atoms with E-state index in [9.17, 15) is 4.79 Å². The van der Waals surface area contributed by atoms with Crippen LogP contribution in [0.3, 0.4) is 0 Å². The zero-order chi connectivity index (χ0) is 17.8. The molecule has 0 saturated carbocycles. The van der Waals surface area contributed by atoms with E-state index in [0.29, 0.717) is 29.6 Å². The first-order valence-corrected chi connectivity index (χ1v) is 8.70. The molecule has 0 aliphatic heterocycles. The van der Waals surface area contributed by atoms with Crippen LogP contribution in [-0.2, 0) is 0 Å². The number of rotatable bonds is 6. The van der Waals surface area contributed by atoms with Gasteiger partial charge in [0.2, 0.25) is 0 Å². The van der Waals surface area contributed by atoms with Gasteiger partial charge in [0.05, 0.1) is 16.9 Å². The van der Waals surface area contributed by atoms with Crippen LogP contribution in [0.25, 0.3) is 5.82 Å². The second-order valence-electron chi connectivity index (χ2n) is 5.55. The maximum absolute atomic E-state index is 12.0. The average molecular weight is 357 g/mol. The highest BCUT2D eigenvalue weighted by Crippen LogP contribution is 2.12. The van der Waals surface area contributed by atoms with Crippen LogP contribution < -0.4 is 10.6 Å². The highest BCUT2D eigenvalue weighted by Gasteiger charge is 2.11. The van der Waals surface area contributed by atoms with Gasteiger partial charge in [-0.05, 0) is 26.8 Å². The first-order chi connectivity index (χ1) is 12.0. The third-order valence-corrected chi connectivity index (χ3v) is 4.47. The molecule has 8 nitrogen and oxygen atoms in total. The molecule has 0 aliphatic carbocycles. The Labute approximate surface area is 149 Å². The second-order valence-corrected chi connectivity index (χ2v) is 6.40. The first kappa shape index (κ1) is 17.0. The normalized spacial score (nSPS) is 10.7. The van der Waals surface area contributed by atoms with Crippen molar-refractivity contribution in [2.24, 2.45) is 0 Å². The highest BCUT2D eigenvalue weighted by molar-refractivity contribution is 7.11. The minimum absolute atomic E-state index is 0.104. The van der Waals surface area contributed by atoms with Crippen molar-refractivity contribution in [3.05, 3.63) is 45.9 Å². The molecule has 0 aromatic carbocycles. The van der Waals surface area contributed by atoms with Gasteiger partial charge in [-0.1, -0.05) is 0 Å². The lowest BCUT2D eigenvalue weighted by Gasteiger charge is -2.08. The Morgan fingerprint density at radius 1 is 1.16 bits per heavy atom. The maximum Gasteiger partial charge on any atom is 0.263 e. The quantitative estimate of drug-likeness (QED) is 0.654. The van der Waals surface area contributed by atoms with Gasteiger partial charge in [0, 0.05) is 24.8 Å². The summed E-state index contributed by atoms with van der Waals surface area (Å²) in [6.45, 7) is 6.78. The van der Waals surface area contributed by atoms with E-state index >= 15 is 0 Å². The molecule has 9 heteroatoms. The molecule has 0 fully saturated rings. The van der Waals surface area contributed by atoms with Crippen LogP contribution in [0.2, 0.25) is 0 Å². The fraction of sp³-hybridized carbons (Fsp3) is 0.312. The average Bonchev–Trinajstić information content (AvgIpc) is 3.16. The van der Waals surface area contributed by atoms with E-state index in [0.717, 1.165) is 17.1 Å². The van der Waals surface area contributed by atoms with Gasteiger partial charge in [-0.3, -0.25) is 4.79 Å². The lowest BCUT2D eigenvalue weighted by atomic mass is 10.4. The molecular weight excluding hydrogens is 338 g/mol. The molecule has 0 aliphatic rings. The summed E-state index contributed by atoms with van der Waals surface area (Å²) < 4.78 is 1.77. The molecule has 0 atom stereocenters. The number of nitrogens with zero attached hydrogens (tertiary/aromatic N) is 5. The van der Waals surface area contributed by atoms with Crippen LogP contribution in [0.5, 0.6) is 0 Å². The van der Waals surface area contributed by atoms with Gasteiger partial charge in [-0.15, -0.1) is 11.3 Å². The van der Waals surface area contributed by atoms with E-state index in [4.69, 9.17) is 0 Å². The van der Waals surface area contributed by atoms with E-state index in [2.05, 4.69) is 30.7 Å². The standard InChI is InChI=1S/C16H19N7OS/c1-10-6-11(2)23(22-10)14-7-13(19-8-20-14)17-4-5-18-16(24)15-12(3)21-9-25-15/h6-9H,4-5H2,1-3H3,(H,18,24)(H,17,19,20). The molecule has 2 N–H and O–H groups in total. The lowest BCUT2D eigenvalue weighted by Crippen LogP contribution is -2.28. The monoisotopic (exact) mass is 357 g/mol. The number of amides is 1. The summed E-state index contributed by atoms with van der Waals surface area (Å²) in [4.78, 5) is 25.2. The third kappa shape index (κ3) is 4.00. The Bertz CT molecular complexity index is 886. The molecule has 1 amide bonds. The zero-order valence-corrected chi connectivity index (χ0v) is 15.1. The van der Waals surface area contributed by atoms with E-state index in [-0.39, 0.29) is 5.91 Å². The summed E-state index contributed by atoms with van der Waals surface area (Å²) in [5, 5.41) is 10.5. The van der Waals surface area contributed by atoms with Crippen molar-refractivity contribution in [1.82, 2.24) is 30.0 Å². The molecule has 3 aromatic rings. The maximum atomic E-state index is 12.0. The van der Waals surface area contributed by atoms with Gasteiger partial charge >= 0.3 is 0 Å². The number of aromatic nitrogens is 5. The van der Waals surface area contributed by atoms with Gasteiger partial charge in [-0.2, -0.15) is 5.10 Å². The number of aryl methyl sites for hydroxylation is 3. The Morgan fingerprint density at radius 3 is 2.68 bits per heavy atom. The van der Waals surface area contributed by atoms with Crippen molar-refractivity contribution < 1.29 is 4.79 Å². The van der Waals surface area contributed by atoms with E-state index in [1.165, 1.54) is 17.7 Å². The number of hydrogen-bond donors (Lipinski definition) is 2. The smallest absolute Gasteiger partial charge is 0.263 e. The molecule has 0 unspecified atom stereocenters. The fourth-order valence-corrected chi connectivity index (χ4v) is 3.11. The molecule has 25 heavy (non-hydrogen) atoms. The summed E-state index contributed by atoms with van der Waals surface area (Å²) in [6, 6.07) is 3.82. The molecule has 0 saturated heterocycles. The predicted octanol–water partition coefficient (Wildman–Crippen LogP) is 1.89. The summed E-state index contributed by atoms with van der Waals surface area (Å²) in [7, 11) is 0. The van der Waals surface area contributed by atoms with E-state index in [1.807, 2.05) is 32.9 Å². The minimum Gasteiger partial charge on any atom is -0.368 e. The molecule has 3 aromatic heterocycles. The highest BCUT2D eigenvalue weighted by atomic mass is 32.1. The Hall–Kier alpha value is -2.81. The zero-order valence-electron chi connectivity index (χ0n) is 14.3. The number of carbonyl (C=O) groups is 1.